The number of ketones is 1. The highest BCUT2D eigenvalue weighted by Crippen LogP contribution is 2.42. The van der Waals surface area contributed by atoms with Crippen molar-refractivity contribution in [3.05, 3.63) is 88.3 Å². The van der Waals surface area contributed by atoms with Gasteiger partial charge >= 0.3 is 0 Å². The van der Waals surface area contributed by atoms with E-state index < -0.39 is 17.7 Å². The Kier molecular flexibility index (Phi) is 5.24. The molecule has 1 fully saturated rings. The van der Waals surface area contributed by atoms with Gasteiger partial charge in [-0.25, -0.2) is 0 Å². The highest BCUT2D eigenvalue weighted by atomic mass is 35.5. The molecule has 2 heterocycles. The first kappa shape index (κ1) is 20.3. The summed E-state index contributed by atoms with van der Waals surface area (Å²) in [4.78, 5) is 27.2. The molecule has 1 atom stereocenters. The van der Waals surface area contributed by atoms with E-state index >= 15 is 0 Å². The molecule has 7 nitrogen and oxygen atoms in total. The second kappa shape index (κ2) is 8.01. The Morgan fingerprint density at radius 2 is 1.94 bits per heavy atom. The van der Waals surface area contributed by atoms with Crippen molar-refractivity contribution in [3.8, 4) is 11.8 Å². The van der Waals surface area contributed by atoms with Crippen molar-refractivity contribution in [2.45, 2.75) is 6.04 Å². The van der Waals surface area contributed by atoms with Crippen LogP contribution in [0.1, 0.15) is 22.9 Å². The topological polar surface area (TPSA) is 104 Å². The fourth-order valence-electron chi connectivity index (χ4n) is 3.47. The van der Waals surface area contributed by atoms with Gasteiger partial charge in [-0.1, -0.05) is 11.6 Å². The lowest BCUT2D eigenvalue weighted by molar-refractivity contribution is -0.132. The molecule has 1 N–H and O–H groups in total. The lowest BCUT2D eigenvalue weighted by Gasteiger charge is -2.23. The van der Waals surface area contributed by atoms with Crippen LogP contribution < -0.4 is 9.64 Å². The van der Waals surface area contributed by atoms with Crippen LogP contribution in [-0.4, -0.2) is 23.9 Å². The molecule has 1 aromatic heterocycles. The Balaban J connectivity index is 1.90. The molecule has 154 valence electrons. The maximum atomic E-state index is 13.0. The number of ether oxygens (including phenoxy) is 1. The van der Waals surface area contributed by atoms with E-state index in [1.165, 1.54) is 48.6 Å². The summed E-state index contributed by atoms with van der Waals surface area (Å²) in [6.07, 6.45) is 1.42. The van der Waals surface area contributed by atoms with Crippen LogP contribution >= 0.6 is 11.6 Å². The lowest BCUT2D eigenvalue weighted by Crippen LogP contribution is -2.29. The summed E-state index contributed by atoms with van der Waals surface area (Å²) in [5.41, 5.74) is 0.919. The van der Waals surface area contributed by atoms with Crippen molar-refractivity contribution in [3.63, 3.8) is 0 Å². The number of halogens is 1. The molecule has 1 saturated heterocycles. The zero-order valence-electron chi connectivity index (χ0n) is 16.2. The third-order valence-electron chi connectivity index (χ3n) is 4.96. The number of methoxy groups -OCH3 is 1. The van der Waals surface area contributed by atoms with Crippen LogP contribution in [0.5, 0.6) is 5.75 Å². The summed E-state index contributed by atoms with van der Waals surface area (Å²) < 4.78 is 10.7. The molecule has 4 rings (SSSR count). The molecule has 1 aliphatic rings. The molecule has 0 bridgehead atoms. The minimum absolute atomic E-state index is 0.131. The largest absolute Gasteiger partial charge is 0.507 e. The maximum Gasteiger partial charge on any atom is 0.300 e. The standard InChI is InChI=1S/C23H15ClN2O5/c1-30-18-11-14(6-9-16(18)24)21(27)19-20(17-3-2-10-31-17)26(23(29)22(19)28)15-7-4-13(12-25)5-8-15/h2-11,20,27H,1H3/b21-19-. The number of anilines is 1. The summed E-state index contributed by atoms with van der Waals surface area (Å²) in [7, 11) is 1.43. The molecule has 1 unspecified atom stereocenters. The average Bonchev–Trinajstić information content (AvgIpc) is 3.41. The fraction of sp³-hybridized carbons (Fsp3) is 0.0870. The Bertz CT molecular complexity index is 1240. The van der Waals surface area contributed by atoms with Crippen LogP contribution in [0.3, 0.4) is 0 Å². The van der Waals surface area contributed by atoms with Crippen LogP contribution in [0.4, 0.5) is 5.69 Å². The molecule has 1 amide bonds. The molecular formula is C23H15ClN2O5. The molecule has 0 radical (unpaired) electrons. The van der Waals surface area contributed by atoms with E-state index in [0.29, 0.717) is 27.8 Å². The van der Waals surface area contributed by atoms with Crippen molar-refractivity contribution in [1.82, 2.24) is 0 Å². The van der Waals surface area contributed by atoms with Crippen molar-refractivity contribution in [1.29, 1.82) is 5.26 Å². The second-order valence-corrected chi connectivity index (χ2v) is 7.10. The first-order chi connectivity index (χ1) is 15.0. The SMILES string of the molecule is COc1cc(/C(O)=C2/C(=O)C(=O)N(c3ccc(C#N)cc3)C2c2ccco2)ccc1Cl. The number of furan rings is 1. The number of carbonyl (C=O) groups excluding carboxylic acids is 2. The van der Waals surface area contributed by atoms with Gasteiger partial charge in [-0.2, -0.15) is 5.26 Å². The number of hydrogen-bond acceptors (Lipinski definition) is 6. The van der Waals surface area contributed by atoms with E-state index in [2.05, 4.69) is 0 Å². The monoisotopic (exact) mass is 434 g/mol. The Morgan fingerprint density at radius 1 is 1.19 bits per heavy atom. The summed E-state index contributed by atoms with van der Waals surface area (Å²) in [6, 6.07) is 15.0. The number of nitriles is 1. The third-order valence-corrected chi connectivity index (χ3v) is 5.27. The van der Waals surface area contributed by atoms with Crippen molar-refractivity contribution in [2.75, 3.05) is 12.0 Å². The first-order valence-corrected chi connectivity index (χ1v) is 9.52. The van der Waals surface area contributed by atoms with Crippen LogP contribution in [-0.2, 0) is 9.59 Å². The Morgan fingerprint density at radius 3 is 2.55 bits per heavy atom. The molecule has 3 aromatic rings. The van der Waals surface area contributed by atoms with Crippen molar-refractivity contribution in [2.24, 2.45) is 0 Å². The van der Waals surface area contributed by atoms with Crippen LogP contribution in [0.25, 0.3) is 5.76 Å². The van der Waals surface area contributed by atoms with Crippen molar-refractivity contribution >= 4 is 34.7 Å². The predicted molar refractivity (Wildman–Crippen MR) is 113 cm³/mol. The number of aliphatic hydroxyl groups is 1. The molecule has 31 heavy (non-hydrogen) atoms. The predicted octanol–water partition coefficient (Wildman–Crippen LogP) is 4.44. The molecule has 0 spiro atoms. The van der Waals surface area contributed by atoms with Gasteiger partial charge in [0.1, 0.15) is 23.3 Å². The highest BCUT2D eigenvalue weighted by Gasteiger charge is 2.48. The average molecular weight is 435 g/mol. The number of nitrogens with zero attached hydrogens (tertiary/aromatic N) is 2. The quantitative estimate of drug-likeness (QED) is 0.370. The van der Waals surface area contributed by atoms with Gasteiger partial charge in [0, 0.05) is 11.3 Å². The fourth-order valence-corrected chi connectivity index (χ4v) is 3.67. The van der Waals surface area contributed by atoms with E-state index in [1.807, 2.05) is 6.07 Å². The molecule has 1 aliphatic heterocycles. The van der Waals surface area contributed by atoms with Gasteiger partial charge in [0.2, 0.25) is 0 Å². The molecule has 0 saturated carbocycles. The Hall–Kier alpha value is -4.02. The van der Waals surface area contributed by atoms with Gasteiger partial charge in [0.15, 0.2) is 0 Å². The van der Waals surface area contributed by atoms with Crippen molar-refractivity contribution < 1.29 is 23.8 Å². The molecule has 0 aliphatic carbocycles. The van der Waals surface area contributed by atoms with E-state index in [4.69, 9.17) is 26.0 Å². The first-order valence-electron chi connectivity index (χ1n) is 9.14. The van der Waals surface area contributed by atoms with Gasteiger partial charge in [-0.3, -0.25) is 14.5 Å². The molecular weight excluding hydrogens is 420 g/mol. The van der Waals surface area contributed by atoms with Gasteiger partial charge in [-0.05, 0) is 54.6 Å². The van der Waals surface area contributed by atoms with Gasteiger partial charge in [0.25, 0.3) is 11.7 Å². The van der Waals surface area contributed by atoms with Crippen LogP contribution in [0.2, 0.25) is 5.02 Å². The van der Waals surface area contributed by atoms with Crippen LogP contribution in [0.15, 0.2) is 70.9 Å². The number of amides is 1. The number of rotatable bonds is 4. The molecule has 8 heteroatoms. The minimum atomic E-state index is -0.996. The van der Waals surface area contributed by atoms with Gasteiger partial charge < -0.3 is 14.3 Å². The summed E-state index contributed by atoms with van der Waals surface area (Å²) >= 11 is 6.06. The number of carbonyl (C=O) groups is 2. The van der Waals surface area contributed by atoms with E-state index in [1.54, 1.807) is 24.3 Å². The van der Waals surface area contributed by atoms with Gasteiger partial charge in [-0.15, -0.1) is 0 Å². The smallest absolute Gasteiger partial charge is 0.300 e. The summed E-state index contributed by atoms with van der Waals surface area (Å²) in [6.45, 7) is 0. The lowest BCUT2D eigenvalue weighted by atomic mass is 9.99. The zero-order valence-corrected chi connectivity index (χ0v) is 17.0. The summed E-state index contributed by atoms with van der Waals surface area (Å²) in [5.74, 6) is -1.47. The highest BCUT2D eigenvalue weighted by molar-refractivity contribution is 6.51. The van der Waals surface area contributed by atoms with E-state index in [-0.39, 0.29) is 16.9 Å². The maximum absolute atomic E-state index is 13.0. The third kappa shape index (κ3) is 3.43. The number of aliphatic hydroxyl groups excluding tert-OH is 1. The number of benzene rings is 2. The zero-order chi connectivity index (χ0) is 22.1. The summed E-state index contributed by atoms with van der Waals surface area (Å²) in [5, 5.41) is 20.4. The normalized spacial score (nSPS) is 17.6. The second-order valence-electron chi connectivity index (χ2n) is 6.69. The minimum Gasteiger partial charge on any atom is -0.507 e. The molecule has 2 aromatic carbocycles. The van der Waals surface area contributed by atoms with E-state index in [0.717, 1.165) is 0 Å². The number of hydrogen-bond donors (Lipinski definition) is 1. The van der Waals surface area contributed by atoms with Gasteiger partial charge in [0.05, 0.1) is 35.6 Å². The van der Waals surface area contributed by atoms with Crippen LogP contribution in [0, 0.1) is 11.3 Å². The number of Topliss-reactive ketones (excluding diaryl/α,β-unsaturated/α-hetero) is 1. The Labute approximate surface area is 182 Å². The van der Waals surface area contributed by atoms with E-state index in [9.17, 15) is 14.7 Å².